The molecule has 2 aromatic rings. The standard InChI is InChI=1S/C3H2ClNO2S2.C3H3NS/c4-9(6,7)3-5-1-2-8-3;1-2-5-3-4-1/h1-2H;1-3H. The summed E-state index contributed by atoms with van der Waals surface area (Å²) in [7, 11) is 1.34. The van der Waals surface area contributed by atoms with E-state index in [1.807, 2.05) is 5.38 Å². The van der Waals surface area contributed by atoms with E-state index in [2.05, 4.69) is 9.97 Å². The van der Waals surface area contributed by atoms with Gasteiger partial charge >= 0.3 is 0 Å². The molecule has 0 aliphatic rings. The minimum atomic E-state index is -3.58. The van der Waals surface area contributed by atoms with Gasteiger partial charge in [-0.15, -0.1) is 22.7 Å². The molecule has 76 valence electrons. The molecule has 0 saturated carbocycles. The first kappa shape index (κ1) is 11.6. The normalized spacial score (nSPS) is 10.4. The summed E-state index contributed by atoms with van der Waals surface area (Å²) in [6.45, 7) is 0. The molecule has 0 bridgehead atoms. The summed E-state index contributed by atoms with van der Waals surface area (Å²) in [4.78, 5) is 7.23. The maximum atomic E-state index is 10.4. The third-order valence-electron chi connectivity index (χ3n) is 0.965. The molecule has 0 saturated heterocycles. The van der Waals surface area contributed by atoms with Crippen LogP contribution >= 0.6 is 33.4 Å². The van der Waals surface area contributed by atoms with Crippen molar-refractivity contribution in [2.45, 2.75) is 4.34 Å². The van der Waals surface area contributed by atoms with Gasteiger partial charge in [0.05, 0.1) is 5.51 Å². The van der Waals surface area contributed by atoms with E-state index in [9.17, 15) is 8.42 Å². The average Bonchev–Trinajstić information content (AvgIpc) is 2.80. The van der Waals surface area contributed by atoms with E-state index in [0.29, 0.717) is 0 Å². The number of hydrogen-bond acceptors (Lipinski definition) is 6. The van der Waals surface area contributed by atoms with Crippen LogP contribution in [0.1, 0.15) is 0 Å². The third-order valence-corrected chi connectivity index (χ3v) is 4.24. The minimum absolute atomic E-state index is 0.0517. The molecular formula is C6H5ClN2O2S3. The number of aromatic nitrogens is 2. The van der Waals surface area contributed by atoms with Gasteiger partial charge in [-0.1, -0.05) is 0 Å². The van der Waals surface area contributed by atoms with Gasteiger partial charge in [0.1, 0.15) is 0 Å². The van der Waals surface area contributed by atoms with Gasteiger partial charge in [0.2, 0.25) is 4.34 Å². The summed E-state index contributed by atoms with van der Waals surface area (Å²) in [5.41, 5.74) is 1.79. The molecule has 0 amide bonds. The van der Waals surface area contributed by atoms with Crippen LogP contribution in [0.4, 0.5) is 0 Å². The highest BCUT2D eigenvalue weighted by atomic mass is 35.7. The Morgan fingerprint density at radius 2 is 2.07 bits per heavy atom. The van der Waals surface area contributed by atoms with E-state index in [-0.39, 0.29) is 4.34 Å². The molecule has 4 nitrogen and oxygen atoms in total. The Hall–Kier alpha value is -0.500. The number of halogens is 1. The lowest BCUT2D eigenvalue weighted by Crippen LogP contribution is -1.86. The van der Waals surface area contributed by atoms with Crippen LogP contribution in [0.15, 0.2) is 33.0 Å². The lowest BCUT2D eigenvalue weighted by atomic mass is 11.0. The fraction of sp³-hybridized carbons (Fsp3) is 0. The summed E-state index contributed by atoms with van der Waals surface area (Å²) in [6, 6.07) is 0. The third kappa shape index (κ3) is 4.14. The quantitative estimate of drug-likeness (QED) is 0.744. The Kier molecular flexibility index (Phi) is 4.46. The molecular weight excluding hydrogens is 264 g/mol. The fourth-order valence-electron chi connectivity index (χ4n) is 0.506. The molecule has 0 aliphatic carbocycles. The topological polar surface area (TPSA) is 59.9 Å². The van der Waals surface area contributed by atoms with Gasteiger partial charge in [0, 0.05) is 33.8 Å². The Balaban J connectivity index is 0.000000165. The zero-order valence-corrected chi connectivity index (χ0v) is 9.91. The molecule has 0 aliphatic heterocycles. The highest BCUT2D eigenvalue weighted by Crippen LogP contribution is 2.15. The smallest absolute Gasteiger partial charge is 0.253 e. The van der Waals surface area contributed by atoms with E-state index in [1.54, 1.807) is 28.4 Å². The Labute approximate surface area is 93.6 Å². The summed E-state index contributed by atoms with van der Waals surface area (Å²) in [6.07, 6.45) is 3.16. The van der Waals surface area contributed by atoms with Crippen molar-refractivity contribution in [3.63, 3.8) is 0 Å². The Bertz CT molecular complexity index is 420. The van der Waals surface area contributed by atoms with Crippen molar-refractivity contribution >= 4 is 42.4 Å². The van der Waals surface area contributed by atoms with Crippen molar-refractivity contribution in [3.05, 3.63) is 28.7 Å². The predicted molar refractivity (Wildman–Crippen MR) is 57.3 cm³/mol. The monoisotopic (exact) mass is 268 g/mol. The maximum absolute atomic E-state index is 10.4. The molecule has 0 unspecified atom stereocenters. The molecule has 0 N–H and O–H groups in total. The molecule has 0 fully saturated rings. The average molecular weight is 269 g/mol. The second-order valence-corrected chi connectivity index (χ2v) is 6.30. The second kappa shape index (κ2) is 5.40. The molecule has 2 aromatic heterocycles. The van der Waals surface area contributed by atoms with Crippen LogP contribution in [0.5, 0.6) is 0 Å². The van der Waals surface area contributed by atoms with Gasteiger partial charge in [-0.3, -0.25) is 4.98 Å². The van der Waals surface area contributed by atoms with Gasteiger partial charge in [0.25, 0.3) is 9.05 Å². The van der Waals surface area contributed by atoms with Gasteiger partial charge in [0.15, 0.2) is 0 Å². The SMILES string of the molecule is O=S(=O)(Cl)c1nccs1.c1cscn1. The Morgan fingerprint density at radius 3 is 2.29 bits per heavy atom. The summed E-state index contributed by atoms with van der Waals surface area (Å²) >= 11 is 2.60. The fourth-order valence-corrected chi connectivity index (χ4v) is 2.48. The number of hydrogen-bond donors (Lipinski definition) is 0. The molecule has 0 radical (unpaired) electrons. The summed E-state index contributed by atoms with van der Waals surface area (Å²) in [5, 5.41) is 3.48. The Morgan fingerprint density at radius 1 is 1.29 bits per heavy atom. The molecule has 2 rings (SSSR count). The van der Waals surface area contributed by atoms with Crippen LogP contribution in [0.3, 0.4) is 0 Å². The second-order valence-electron chi connectivity index (χ2n) is 1.91. The number of thiazole rings is 2. The van der Waals surface area contributed by atoms with Crippen molar-refractivity contribution in [3.8, 4) is 0 Å². The van der Waals surface area contributed by atoms with Crippen molar-refractivity contribution in [2.24, 2.45) is 0 Å². The highest BCUT2D eigenvalue weighted by molar-refractivity contribution is 8.14. The van der Waals surface area contributed by atoms with Crippen LogP contribution in [-0.4, -0.2) is 18.4 Å². The number of rotatable bonds is 1. The molecule has 8 heteroatoms. The molecule has 0 atom stereocenters. The van der Waals surface area contributed by atoms with E-state index < -0.39 is 9.05 Å². The van der Waals surface area contributed by atoms with Gasteiger partial charge in [-0.25, -0.2) is 13.4 Å². The van der Waals surface area contributed by atoms with Crippen LogP contribution in [0.25, 0.3) is 0 Å². The van der Waals surface area contributed by atoms with Gasteiger partial charge in [-0.05, 0) is 0 Å². The largest absolute Gasteiger partial charge is 0.288 e. The lowest BCUT2D eigenvalue weighted by molar-refractivity contribution is 0.609. The number of nitrogens with zero attached hydrogens (tertiary/aromatic N) is 2. The molecule has 0 spiro atoms. The summed E-state index contributed by atoms with van der Waals surface area (Å²) < 4.78 is 20.8. The van der Waals surface area contributed by atoms with Crippen LogP contribution in [0.2, 0.25) is 0 Å². The summed E-state index contributed by atoms with van der Waals surface area (Å²) in [5.74, 6) is 0. The highest BCUT2D eigenvalue weighted by Gasteiger charge is 2.11. The van der Waals surface area contributed by atoms with Crippen LogP contribution in [-0.2, 0) is 9.05 Å². The molecule has 2 heterocycles. The van der Waals surface area contributed by atoms with Gasteiger partial charge < -0.3 is 0 Å². The zero-order chi connectivity index (χ0) is 10.4. The molecule has 0 aromatic carbocycles. The van der Waals surface area contributed by atoms with Crippen molar-refractivity contribution < 1.29 is 8.42 Å². The predicted octanol–water partition coefficient (Wildman–Crippen LogP) is 2.21. The van der Waals surface area contributed by atoms with Crippen molar-refractivity contribution in [1.29, 1.82) is 0 Å². The van der Waals surface area contributed by atoms with Crippen molar-refractivity contribution in [2.75, 3.05) is 0 Å². The van der Waals surface area contributed by atoms with E-state index in [0.717, 1.165) is 11.3 Å². The first-order valence-corrected chi connectivity index (χ1v) is 7.40. The first-order chi connectivity index (χ1) is 6.61. The van der Waals surface area contributed by atoms with Crippen LogP contribution in [0, 0.1) is 0 Å². The van der Waals surface area contributed by atoms with E-state index in [4.69, 9.17) is 10.7 Å². The first-order valence-electron chi connectivity index (χ1n) is 3.27. The minimum Gasteiger partial charge on any atom is -0.253 e. The van der Waals surface area contributed by atoms with E-state index >= 15 is 0 Å². The van der Waals surface area contributed by atoms with Crippen LogP contribution < -0.4 is 0 Å². The lowest BCUT2D eigenvalue weighted by Gasteiger charge is -1.81. The van der Waals surface area contributed by atoms with Crippen molar-refractivity contribution in [1.82, 2.24) is 9.97 Å². The molecule has 14 heavy (non-hydrogen) atoms. The van der Waals surface area contributed by atoms with Gasteiger partial charge in [-0.2, -0.15) is 0 Å². The zero-order valence-electron chi connectivity index (χ0n) is 6.70. The maximum Gasteiger partial charge on any atom is 0.288 e. The van der Waals surface area contributed by atoms with E-state index in [1.165, 1.54) is 6.20 Å².